The summed E-state index contributed by atoms with van der Waals surface area (Å²) >= 11 is 3.38. The Morgan fingerprint density at radius 1 is 1.20 bits per heavy atom. The standard InChI is InChI=1S/C15H17BrN2O2/c16-13-14(10-6-2-1-3-7-10)17-18(15(13)20)11-8-4-5-9-12(11)19/h1-3,6-7,11-12,17,19H,4-5,8-9H2. The summed E-state index contributed by atoms with van der Waals surface area (Å²) in [5, 5.41) is 13.3. The van der Waals surface area contributed by atoms with Crippen LogP contribution in [0.2, 0.25) is 0 Å². The van der Waals surface area contributed by atoms with Crippen LogP contribution in [0.15, 0.2) is 39.6 Å². The summed E-state index contributed by atoms with van der Waals surface area (Å²) in [7, 11) is 0. The van der Waals surface area contributed by atoms with Crippen molar-refractivity contribution in [2.75, 3.05) is 0 Å². The van der Waals surface area contributed by atoms with E-state index in [0.29, 0.717) is 4.47 Å². The number of aliphatic hydroxyl groups excluding tert-OH is 1. The van der Waals surface area contributed by atoms with Crippen molar-refractivity contribution in [1.29, 1.82) is 0 Å². The van der Waals surface area contributed by atoms with Gasteiger partial charge in [-0.1, -0.05) is 43.2 Å². The molecule has 106 valence electrons. The predicted octanol–water partition coefficient (Wildman–Crippen LogP) is 3.08. The molecule has 3 rings (SSSR count). The van der Waals surface area contributed by atoms with E-state index in [-0.39, 0.29) is 11.6 Å². The Balaban J connectivity index is 2.04. The molecule has 1 fully saturated rings. The van der Waals surface area contributed by atoms with E-state index in [1.54, 1.807) is 4.68 Å². The fraction of sp³-hybridized carbons (Fsp3) is 0.400. The highest BCUT2D eigenvalue weighted by Gasteiger charge is 2.28. The second-order valence-electron chi connectivity index (χ2n) is 5.26. The number of nitrogens with zero attached hydrogens (tertiary/aromatic N) is 1. The minimum atomic E-state index is -0.448. The van der Waals surface area contributed by atoms with Gasteiger partial charge in [-0.25, -0.2) is 4.68 Å². The predicted molar refractivity (Wildman–Crippen MR) is 81.7 cm³/mol. The fourth-order valence-electron chi connectivity index (χ4n) is 2.86. The van der Waals surface area contributed by atoms with E-state index in [4.69, 9.17) is 0 Å². The van der Waals surface area contributed by atoms with Gasteiger partial charge in [0.1, 0.15) is 4.47 Å². The topological polar surface area (TPSA) is 58.0 Å². The molecule has 1 aliphatic rings. The number of hydrogen-bond donors (Lipinski definition) is 2. The van der Waals surface area contributed by atoms with Gasteiger partial charge in [0, 0.05) is 5.56 Å². The molecule has 1 heterocycles. The molecular weight excluding hydrogens is 320 g/mol. The zero-order valence-electron chi connectivity index (χ0n) is 11.1. The van der Waals surface area contributed by atoms with Gasteiger partial charge in [-0.2, -0.15) is 0 Å². The van der Waals surface area contributed by atoms with E-state index < -0.39 is 6.10 Å². The van der Waals surface area contributed by atoms with Crippen LogP contribution in [-0.4, -0.2) is 21.0 Å². The third-order valence-corrected chi connectivity index (χ3v) is 4.68. The van der Waals surface area contributed by atoms with Crippen LogP contribution in [0.4, 0.5) is 0 Å². The van der Waals surface area contributed by atoms with Crippen LogP contribution >= 0.6 is 15.9 Å². The average molecular weight is 337 g/mol. The Labute approximate surface area is 125 Å². The number of H-pyrrole nitrogens is 1. The normalized spacial score (nSPS) is 22.9. The maximum atomic E-state index is 12.4. The number of aromatic nitrogens is 2. The van der Waals surface area contributed by atoms with Crippen molar-refractivity contribution >= 4 is 15.9 Å². The third-order valence-electron chi connectivity index (χ3n) is 3.95. The lowest BCUT2D eigenvalue weighted by Crippen LogP contribution is -2.33. The molecule has 2 aromatic rings. The van der Waals surface area contributed by atoms with Gasteiger partial charge in [0.05, 0.1) is 17.8 Å². The smallest absolute Gasteiger partial charge is 0.281 e. The number of aliphatic hydroxyl groups is 1. The Hall–Kier alpha value is -1.33. The minimum absolute atomic E-state index is 0.102. The largest absolute Gasteiger partial charge is 0.391 e. The van der Waals surface area contributed by atoms with Crippen LogP contribution < -0.4 is 5.56 Å². The Morgan fingerprint density at radius 3 is 2.60 bits per heavy atom. The number of benzene rings is 1. The van der Waals surface area contributed by atoms with Crippen molar-refractivity contribution in [3.8, 4) is 11.3 Å². The molecule has 4 nitrogen and oxygen atoms in total. The van der Waals surface area contributed by atoms with E-state index in [1.165, 1.54) is 0 Å². The molecule has 0 aliphatic heterocycles. The maximum Gasteiger partial charge on any atom is 0.281 e. The first-order valence-corrected chi connectivity index (χ1v) is 7.71. The molecule has 1 aliphatic carbocycles. The Morgan fingerprint density at radius 2 is 1.90 bits per heavy atom. The van der Waals surface area contributed by atoms with Gasteiger partial charge in [-0.3, -0.25) is 9.89 Å². The second-order valence-corrected chi connectivity index (χ2v) is 6.05. The lowest BCUT2D eigenvalue weighted by molar-refractivity contribution is 0.0679. The molecule has 1 saturated carbocycles. The molecule has 2 atom stereocenters. The molecule has 5 heteroatoms. The number of hydrogen-bond acceptors (Lipinski definition) is 2. The van der Waals surface area contributed by atoms with Crippen molar-refractivity contribution in [3.05, 3.63) is 45.2 Å². The molecule has 1 aromatic carbocycles. The summed E-state index contributed by atoms with van der Waals surface area (Å²) in [6, 6.07) is 9.58. The summed E-state index contributed by atoms with van der Waals surface area (Å²) in [6.45, 7) is 0. The highest BCUT2D eigenvalue weighted by Crippen LogP contribution is 2.30. The molecule has 0 saturated heterocycles. The summed E-state index contributed by atoms with van der Waals surface area (Å²) in [5.74, 6) is 0. The molecule has 0 amide bonds. The number of aromatic amines is 1. The van der Waals surface area contributed by atoms with Crippen LogP contribution in [0.25, 0.3) is 11.3 Å². The highest BCUT2D eigenvalue weighted by atomic mass is 79.9. The van der Waals surface area contributed by atoms with E-state index in [2.05, 4.69) is 21.0 Å². The van der Waals surface area contributed by atoms with Crippen LogP contribution in [-0.2, 0) is 0 Å². The SMILES string of the molecule is O=c1c(Br)c(-c2ccccc2)[nH]n1C1CCCCC1O. The van der Waals surface area contributed by atoms with E-state index in [0.717, 1.165) is 36.9 Å². The van der Waals surface area contributed by atoms with Gasteiger partial charge < -0.3 is 5.11 Å². The van der Waals surface area contributed by atoms with Crippen LogP contribution in [0.5, 0.6) is 0 Å². The molecule has 2 N–H and O–H groups in total. The number of rotatable bonds is 2. The molecule has 0 spiro atoms. The van der Waals surface area contributed by atoms with Crippen molar-refractivity contribution in [2.24, 2.45) is 0 Å². The van der Waals surface area contributed by atoms with E-state index in [9.17, 15) is 9.90 Å². The van der Waals surface area contributed by atoms with Crippen molar-refractivity contribution in [1.82, 2.24) is 9.78 Å². The van der Waals surface area contributed by atoms with Gasteiger partial charge in [-0.05, 0) is 28.8 Å². The molecule has 1 aromatic heterocycles. The second kappa shape index (κ2) is 5.58. The van der Waals surface area contributed by atoms with Gasteiger partial charge >= 0.3 is 0 Å². The number of nitrogens with one attached hydrogen (secondary N) is 1. The summed E-state index contributed by atoms with van der Waals surface area (Å²) < 4.78 is 2.11. The third kappa shape index (κ3) is 2.36. The zero-order chi connectivity index (χ0) is 14.1. The number of halogens is 1. The monoisotopic (exact) mass is 336 g/mol. The van der Waals surface area contributed by atoms with Crippen molar-refractivity contribution in [2.45, 2.75) is 37.8 Å². The highest BCUT2D eigenvalue weighted by molar-refractivity contribution is 9.10. The quantitative estimate of drug-likeness (QED) is 0.885. The molecule has 0 bridgehead atoms. The molecule has 20 heavy (non-hydrogen) atoms. The zero-order valence-corrected chi connectivity index (χ0v) is 12.6. The lowest BCUT2D eigenvalue weighted by Gasteiger charge is -2.27. The summed E-state index contributed by atoms with van der Waals surface area (Å²) in [6.07, 6.45) is 3.22. The van der Waals surface area contributed by atoms with E-state index in [1.807, 2.05) is 30.3 Å². The minimum Gasteiger partial charge on any atom is -0.391 e. The Bertz CT molecular complexity index is 648. The van der Waals surface area contributed by atoms with Crippen LogP contribution in [0, 0.1) is 0 Å². The fourth-order valence-corrected chi connectivity index (χ4v) is 3.36. The van der Waals surface area contributed by atoms with E-state index >= 15 is 0 Å². The summed E-state index contributed by atoms with van der Waals surface area (Å²) in [4.78, 5) is 12.4. The van der Waals surface area contributed by atoms with Gasteiger partial charge in [0.15, 0.2) is 0 Å². The first-order valence-electron chi connectivity index (χ1n) is 6.92. The van der Waals surface area contributed by atoms with Crippen LogP contribution in [0.3, 0.4) is 0 Å². The Kier molecular flexibility index (Phi) is 3.81. The average Bonchev–Trinajstić information content (AvgIpc) is 2.77. The molecule has 2 unspecified atom stereocenters. The van der Waals surface area contributed by atoms with Crippen LogP contribution in [0.1, 0.15) is 31.7 Å². The molecular formula is C15H17BrN2O2. The molecule has 0 radical (unpaired) electrons. The van der Waals surface area contributed by atoms with Gasteiger partial charge in [0.2, 0.25) is 0 Å². The van der Waals surface area contributed by atoms with Gasteiger partial charge in [-0.15, -0.1) is 0 Å². The first-order chi connectivity index (χ1) is 9.68. The summed E-state index contributed by atoms with van der Waals surface area (Å²) in [5.41, 5.74) is 1.63. The first kappa shape index (κ1) is 13.6. The van der Waals surface area contributed by atoms with Gasteiger partial charge in [0.25, 0.3) is 5.56 Å². The maximum absolute atomic E-state index is 12.4. The lowest BCUT2D eigenvalue weighted by atomic mass is 9.93. The van der Waals surface area contributed by atoms with Crippen molar-refractivity contribution < 1.29 is 5.11 Å². The van der Waals surface area contributed by atoms with Crippen molar-refractivity contribution in [3.63, 3.8) is 0 Å².